The van der Waals surface area contributed by atoms with Crippen LogP contribution in [0.25, 0.3) is 6.08 Å². The third-order valence-corrected chi connectivity index (χ3v) is 2.51. The number of rotatable bonds is 3. The number of hydrogen-bond donors (Lipinski definition) is 1. The van der Waals surface area contributed by atoms with Crippen molar-refractivity contribution >= 4 is 6.08 Å². The molecule has 2 heteroatoms. The van der Waals surface area contributed by atoms with Gasteiger partial charge in [-0.05, 0) is 41.7 Å². The van der Waals surface area contributed by atoms with E-state index in [-0.39, 0.29) is 18.3 Å². The fourth-order valence-electron chi connectivity index (χ4n) is 1.36. The van der Waals surface area contributed by atoms with E-state index in [2.05, 4.69) is 0 Å². The standard InChI is InChI=1S/C13H17FO/c1-9(2)12(8-15)6-11-7-13(14)5-4-10(11)3/h4-7,9,15H,8H2,1-3H3/b12-6+. The zero-order chi connectivity index (χ0) is 11.4. The Balaban J connectivity index is 3.10. The molecule has 0 radical (unpaired) electrons. The lowest BCUT2D eigenvalue weighted by Gasteiger charge is -2.09. The fraction of sp³-hybridized carbons (Fsp3) is 0.385. The number of halogens is 1. The highest BCUT2D eigenvalue weighted by molar-refractivity contribution is 5.57. The van der Waals surface area contributed by atoms with Crippen LogP contribution in [0.5, 0.6) is 0 Å². The summed E-state index contributed by atoms with van der Waals surface area (Å²) in [6, 6.07) is 4.69. The molecule has 0 atom stereocenters. The number of benzene rings is 1. The molecular formula is C13H17FO. The Morgan fingerprint density at radius 2 is 2.13 bits per heavy atom. The van der Waals surface area contributed by atoms with Gasteiger partial charge in [0.25, 0.3) is 0 Å². The predicted octanol–water partition coefficient (Wildman–Crippen LogP) is 3.17. The van der Waals surface area contributed by atoms with Gasteiger partial charge >= 0.3 is 0 Å². The molecule has 1 nitrogen and oxygen atoms in total. The zero-order valence-corrected chi connectivity index (χ0v) is 9.42. The Morgan fingerprint density at radius 3 is 2.67 bits per heavy atom. The van der Waals surface area contributed by atoms with Gasteiger partial charge in [0.15, 0.2) is 0 Å². The molecule has 0 aliphatic rings. The van der Waals surface area contributed by atoms with Crippen LogP contribution in [0.4, 0.5) is 4.39 Å². The molecule has 15 heavy (non-hydrogen) atoms. The maximum Gasteiger partial charge on any atom is 0.123 e. The summed E-state index contributed by atoms with van der Waals surface area (Å²) in [5.41, 5.74) is 2.78. The van der Waals surface area contributed by atoms with Crippen LogP contribution < -0.4 is 0 Å². The van der Waals surface area contributed by atoms with Crippen molar-refractivity contribution in [3.63, 3.8) is 0 Å². The van der Waals surface area contributed by atoms with Crippen LogP contribution in [0.2, 0.25) is 0 Å². The van der Waals surface area contributed by atoms with Crippen LogP contribution >= 0.6 is 0 Å². The average molecular weight is 208 g/mol. The predicted molar refractivity (Wildman–Crippen MR) is 61.0 cm³/mol. The minimum Gasteiger partial charge on any atom is -0.392 e. The maximum atomic E-state index is 13.0. The molecule has 82 valence electrons. The SMILES string of the molecule is Cc1ccc(F)cc1/C=C(\CO)C(C)C. The Labute approximate surface area is 90.3 Å². The molecular weight excluding hydrogens is 191 g/mol. The van der Waals surface area contributed by atoms with Crippen molar-refractivity contribution in [2.24, 2.45) is 5.92 Å². The highest BCUT2D eigenvalue weighted by Gasteiger charge is 2.04. The van der Waals surface area contributed by atoms with Crippen molar-refractivity contribution in [3.05, 3.63) is 40.7 Å². The summed E-state index contributed by atoms with van der Waals surface area (Å²) in [6.07, 6.45) is 1.86. The topological polar surface area (TPSA) is 20.2 Å². The van der Waals surface area contributed by atoms with Gasteiger partial charge in [0.1, 0.15) is 5.82 Å². The molecule has 0 amide bonds. The highest BCUT2D eigenvalue weighted by Crippen LogP contribution is 2.18. The van der Waals surface area contributed by atoms with E-state index in [0.717, 1.165) is 16.7 Å². The summed E-state index contributed by atoms with van der Waals surface area (Å²) >= 11 is 0. The molecule has 0 aliphatic carbocycles. The molecule has 0 spiro atoms. The summed E-state index contributed by atoms with van der Waals surface area (Å²) < 4.78 is 13.0. The van der Waals surface area contributed by atoms with Gasteiger partial charge in [-0.25, -0.2) is 4.39 Å². The molecule has 0 saturated carbocycles. The van der Waals surface area contributed by atoms with Crippen molar-refractivity contribution in [1.82, 2.24) is 0 Å². The number of hydrogen-bond acceptors (Lipinski definition) is 1. The van der Waals surface area contributed by atoms with Crippen LogP contribution in [-0.4, -0.2) is 11.7 Å². The minimum atomic E-state index is -0.243. The van der Waals surface area contributed by atoms with Gasteiger partial charge in [-0.15, -0.1) is 0 Å². The van der Waals surface area contributed by atoms with E-state index in [4.69, 9.17) is 5.11 Å². The third-order valence-electron chi connectivity index (χ3n) is 2.51. The van der Waals surface area contributed by atoms with Crippen molar-refractivity contribution in [1.29, 1.82) is 0 Å². The van der Waals surface area contributed by atoms with E-state index in [1.807, 2.05) is 26.8 Å². The normalized spacial score (nSPS) is 12.3. The van der Waals surface area contributed by atoms with Gasteiger partial charge in [-0.3, -0.25) is 0 Å². The highest BCUT2D eigenvalue weighted by atomic mass is 19.1. The van der Waals surface area contributed by atoms with E-state index in [9.17, 15) is 4.39 Å². The second-order valence-electron chi connectivity index (χ2n) is 4.03. The first-order valence-corrected chi connectivity index (χ1v) is 5.12. The molecule has 0 aliphatic heterocycles. The molecule has 0 saturated heterocycles. The molecule has 0 unspecified atom stereocenters. The number of aliphatic hydroxyl groups excluding tert-OH is 1. The summed E-state index contributed by atoms with van der Waals surface area (Å²) in [4.78, 5) is 0. The van der Waals surface area contributed by atoms with Crippen molar-refractivity contribution in [2.75, 3.05) is 6.61 Å². The molecule has 0 bridgehead atoms. The van der Waals surface area contributed by atoms with Gasteiger partial charge < -0.3 is 5.11 Å². The second kappa shape index (κ2) is 5.08. The molecule has 1 aromatic carbocycles. The van der Waals surface area contributed by atoms with E-state index >= 15 is 0 Å². The summed E-state index contributed by atoms with van der Waals surface area (Å²) in [6.45, 7) is 5.97. The molecule has 1 rings (SSSR count). The number of aliphatic hydroxyl groups is 1. The summed E-state index contributed by atoms with van der Waals surface area (Å²) in [5, 5.41) is 9.16. The van der Waals surface area contributed by atoms with Crippen LogP contribution in [0, 0.1) is 18.7 Å². The first-order chi connectivity index (χ1) is 7.04. The first-order valence-electron chi connectivity index (χ1n) is 5.12. The first kappa shape index (κ1) is 11.9. The van der Waals surface area contributed by atoms with Crippen molar-refractivity contribution in [3.8, 4) is 0 Å². The summed E-state index contributed by atoms with van der Waals surface area (Å²) in [7, 11) is 0. The Hall–Kier alpha value is -1.15. The Morgan fingerprint density at radius 1 is 1.47 bits per heavy atom. The van der Waals surface area contributed by atoms with Crippen LogP contribution in [0.15, 0.2) is 23.8 Å². The van der Waals surface area contributed by atoms with E-state index in [1.165, 1.54) is 12.1 Å². The van der Waals surface area contributed by atoms with Crippen LogP contribution in [-0.2, 0) is 0 Å². The van der Waals surface area contributed by atoms with Gasteiger partial charge in [0.05, 0.1) is 6.61 Å². The second-order valence-corrected chi connectivity index (χ2v) is 4.03. The van der Waals surface area contributed by atoms with E-state index in [0.29, 0.717) is 0 Å². The third kappa shape index (κ3) is 3.17. The van der Waals surface area contributed by atoms with Gasteiger partial charge in [0, 0.05) is 0 Å². The van der Waals surface area contributed by atoms with Crippen molar-refractivity contribution < 1.29 is 9.50 Å². The monoisotopic (exact) mass is 208 g/mol. The Kier molecular flexibility index (Phi) is 4.04. The average Bonchev–Trinajstić information content (AvgIpc) is 2.18. The van der Waals surface area contributed by atoms with Crippen molar-refractivity contribution in [2.45, 2.75) is 20.8 Å². The van der Waals surface area contributed by atoms with Gasteiger partial charge in [-0.1, -0.05) is 26.0 Å². The van der Waals surface area contributed by atoms with Gasteiger partial charge in [0.2, 0.25) is 0 Å². The molecule has 0 aromatic heterocycles. The number of aryl methyl sites for hydroxylation is 1. The fourth-order valence-corrected chi connectivity index (χ4v) is 1.36. The molecule has 0 fully saturated rings. The lowest BCUT2D eigenvalue weighted by molar-refractivity contribution is 0.320. The molecule has 1 aromatic rings. The smallest absolute Gasteiger partial charge is 0.123 e. The van der Waals surface area contributed by atoms with Gasteiger partial charge in [-0.2, -0.15) is 0 Å². The van der Waals surface area contributed by atoms with Crippen LogP contribution in [0.3, 0.4) is 0 Å². The quantitative estimate of drug-likeness (QED) is 0.809. The largest absolute Gasteiger partial charge is 0.392 e. The molecule has 1 N–H and O–H groups in total. The lowest BCUT2D eigenvalue weighted by Crippen LogP contribution is -1.99. The maximum absolute atomic E-state index is 13.0. The molecule has 0 heterocycles. The summed E-state index contributed by atoms with van der Waals surface area (Å²) in [5.74, 6) is 0.0329. The minimum absolute atomic E-state index is 0.0214. The Bertz CT molecular complexity index is 367. The van der Waals surface area contributed by atoms with E-state index < -0.39 is 0 Å². The lowest BCUT2D eigenvalue weighted by atomic mass is 9.99. The zero-order valence-electron chi connectivity index (χ0n) is 9.42. The van der Waals surface area contributed by atoms with Crippen LogP contribution in [0.1, 0.15) is 25.0 Å². The van der Waals surface area contributed by atoms with E-state index in [1.54, 1.807) is 6.07 Å².